The number of nitriles is 1. The molecule has 38 heavy (non-hydrogen) atoms. The van der Waals surface area contributed by atoms with Crippen molar-refractivity contribution in [3.63, 3.8) is 0 Å². The number of aromatic nitrogens is 2. The fraction of sp³-hybridized carbons (Fsp3) is 0.214. The zero-order chi connectivity index (χ0) is 27.6. The van der Waals surface area contributed by atoms with Gasteiger partial charge in [0.05, 0.1) is 17.7 Å². The van der Waals surface area contributed by atoms with Crippen LogP contribution in [0.15, 0.2) is 71.4 Å². The number of imide groups is 1. The van der Waals surface area contributed by atoms with Gasteiger partial charge in [-0.1, -0.05) is 32.0 Å². The first-order valence-electron chi connectivity index (χ1n) is 11.8. The molecule has 0 atom stereocenters. The van der Waals surface area contributed by atoms with Crippen molar-refractivity contribution >= 4 is 23.6 Å². The highest BCUT2D eigenvalue weighted by Gasteiger charge is 2.36. The molecule has 2 amide bonds. The summed E-state index contributed by atoms with van der Waals surface area (Å²) in [5, 5.41) is 26.0. The van der Waals surface area contributed by atoms with Crippen molar-refractivity contribution in [2.45, 2.75) is 20.8 Å². The third kappa shape index (κ3) is 4.82. The van der Waals surface area contributed by atoms with Crippen molar-refractivity contribution < 1.29 is 19.2 Å². The Bertz CT molecular complexity index is 1540. The van der Waals surface area contributed by atoms with E-state index < -0.39 is 16.7 Å². The molecule has 4 rings (SSSR count). The molecule has 3 aromatic rings. The van der Waals surface area contributed by atoms with Crippen LogP contribution < -0.4 is 4.74 Å². The lowest BCUT2D eigenvalue weighted by atomic mass is 9.92. The normalized spacial score (nSPS) is 14.8. The molecule has 0 unspecified atom stereocenters. The number of rotatable bonds is 7. The fourth-order valence-corrected chi connectivity index (χ4v) is 4.23. The first-order chi connectivity index (χ1) is 18.2. The largest absolute Gasteiger partial charge is 0.490 e. The van der Waals surface area contributed by atoms with Gasteiger partial charge in [0.15, 0.2) is 5.75 Å². The van der Waals surface area contributed by atoms with Gasteiger partial charge in [0, 0.05) is 35.5 Å². The van der Waals surface area contributed by atoms with Crippen molar-refractivity contribution in [3.05, 3.63) is 87.1 Å². The Labute approximate surface area is 219 Å². The number of ether oxygens (including phenoxy) is 1. The molecule has 0 saturated heterocycles. The Kier molecular flexibility index (Phi) is 7.21. The van der Waals surface area contributed by atoms with Crippen LogP contribution in [-0.4, -0.2) is 45.1 Å². The molecule has 0 radical (unpaired) electrons. The van der Waals surface area contributed by atoms with Gasteiger partial charge in [0.2, 0.25) is 0 Å². The number of para-hydroxylation sites is 1. The molecule has 1 aromatic heterocycles. The van der Waals surface area contributed by atoms with Crippen LogP contribution in [0.3, 0.4) is 0 Å². The monoisotopic (exact) mass is 511 g/mol. The topological polar surface area (TPSA) is 131 Å². The Morgan fingerprint density at radius 3 is 2.47 bits per heavy atom. The fourth-order valence-electron chi connectivity index (χ4n) is 4.23. The highest BCUT2D eigenvalue weighted by atomic mass is 16.6. The summed E-state index contributed by atoms with van der Waals surface area (Å²) >= 11 is 0. The molecule has 2 aromatic carbocycles. The van der Waals surface area contributed by atoms with Crippen molar-refractivity contribution in [2.24, 2.45) is 5.92 Å². The third-order valence-corrected chi connectivity index (χ3v) is 6.09. The van der Waals surface area contributed by atoms with E-state index in [1.54, 1.807) is 29.9 Å². The minimum absolute atomic E-state index is 0.00117. The predicted octanol–water partition coefficient (Wildman–Crippen LogP) is 4.70. The first-order valence-corrected chi connectivity index (χ1v) is 11.8. The van der Waals surface area contributed by atoms with Crippen molar-refractivity contribution in [2.75, 3.05) is 13.7 Å². The second kappa shape index (κ2) is 10.5. The van der Waals surface area contributed by atoms with Gasteiger partial charge in [0.25, 0.3) is 11.8 Å². The first kappa shape index (κ1) is 26.0. The lowest BCUT2D eigenvalue weighted by molar-refractivity contribution is -0.385. The van der Waals surface area contributed by atoms with Crippen LogP contribution in [0.2, 0.25) is 0 Å². The number of carbonyl (C=O) groups excluding carboxylic acids is 2. The summed E-state index contributed by atoms with van der Waals surface area (Å²) in [4.78, 5) is 38.5. The zero-order valence-corrected chi connectivity index (χ0v) is 21.3. The molecule has 0 fully saturated rings. The van der Waals surface area contributed by atoms with Crippen molar-refractivity contribution in [1.29, 1.82) is 5.26 Å². The molecule has 1 aliphatic heterocycles. The molecule has 1 aliphatic rings. The summed E-state index contributed by atoms with van der Waals surface area (Å²) in [5.41, 5.74) is 2.13. The van der Waals surface area contributed by atoms with E-state index in [9.17, 15) is 25.0 Å². The number of hydrogen-bond donors (Lipinski definition) is 0. The average molecular weight is 512 g/mol. The molecule has 10 heteroatoms. The Hall–Kier alpha value is -5.04. The van der Waals surface area contributed by atoms with Crippen LogP contribution in [-0.2, 0) is 9.59 Å². The van der Waals surface area contributed by atoms with E-state index in [0.29, 0.717) is 16.8 Å². The number of nitro groups is 1. The SMILES string of the molecule is COc1ccc(-c2nn(-c3ccccc3)cc2/C=C2/C(=O)N(CC(C)C)C(=O)C(C#N)=C2C)cc1[N+](=O)[O-]. The maximum Gasteiger partial charge on any atom is 0.311 e. The van der Waals surface area contributed by atoms with Gasteiger partial charge in [-0.05, 0) is 48.8 Å². The summed E-state index contributed by atoms with van der Waals surface area (Å²) in [6.07, 6.45) is 3.27. The van der Waals surface area contributed by atoms with E-state index in [0.717, 1.165) is 10.6 Å². The highest BCUT2D eigenvalue weighted by molar-refractivity contribution is 6.19. The van der Waals surface area contributed by atoms with Gasteiger partial charge in [-0.25, -0.2) is 4.68 Å². The van der Waals surface area contributed by atoms with Crippen LogP contribution >= 0.6 is 0 Å². The van der Waals surface area contributed by atoms with Crippen molar-refractivity contribution in [1.82, 2.24) is 14.7 Å². The number of nitro benzene ring substituents is 1. The number of nitrogens with zero attached hydrogens (tertiary/aromatic N) is 5. The minimum Gasteiger partial charge on any atom is -0.490 e. The van der Waals surface area contributed by atoms with Gasteiger partial charge >= 0.3 is 5.69 Å². The molecule has 0 saturated carbocycles. The second-order valence-electron chi connectivity index (χ2n) is 9.14. The standard InChI is InChI=1S/C28H25N5O5/c1-17(2)15-31-27(34)22(18(3)23(14-29)28(31)35)12-20-16-32(21-8-6-5-7-9-21)30-26(20)19-10-11-25(38-4)24(13-19)33(36)37/h5-13,16-17H,15H2,1-4H3/b22-12+. The van der Waals surface area contributed by atoms with Crippen LogP contribution in [0, 0.1) is 27.4 Å². The van der Waals surface area contributed by atoms with Crippen LogP contribution in [0.5, 0.6) is 5.75 Å². The maximum absolute atomic E-state index is 13.5. The minimum atomic E-state index is -0.619. The Morgan fingerprint density at radius 1 is 1.16 bits per heavy atom. The molecule has 0 N–H and O–H groups in total. The molecule has 0 aliphatic carbocycles. The quantitative estimate of drug-likeness (QED) is 0.194. The number of hydrogen-bond acceptors (Lipinski definition) is 7. The van der Waals surface area contributed by atoms with Gasteiger partial charge in [-0.15, -0.1) is 0 Å². The van der Waals surface area contributed by atoms with Gasteiger partial charge in [-0.3, -0.25) is 24.6 Å². The molecular weight excluding hydrogens is 486 g/mol. The van der Waals surface area contributed by atoms with Crippen LogP contribution in [0.4, 0.5) is 5.69 Å². The van der Waals surface area contributed by atoms with Crippen molar-refractivity contribution in [3.8, 4) is 28.8 Å². The molecule has 10 nitrogen and oxygen atoms in total. The van der Waals surface area contributed by atoms with E-state index in [-0.39, 0.29) is 40.6 Å². The van der Waals surface area contributed by atoms with Gasteiger partial charge in [0.1, 0.15) is 17.3 Å². The lowest BCUT2D eigenvalue weighted by Crippen LogP contribution is -2.44. The average Bonchev–Trinajstić information content (AvgIpc) is 3.33. The van der Waals surface area contributed by atoms with E-state index in [2.05, 4.69) is 5.10 Å². The lowest BCUT2D eigenvalue weighted by Gasteiger charge is -2.28. The summed E-state index contributed by atoms with van der Waals surface area (Å²) in [6, 6.07) is 15.7. The third-order valence-electron chi connectivity index (χ3n) is 6.09. The zero-order valence-electron chi connectivity index (χ0n) is 21.3. The van der Waals surface area contributed by atoms with Crippen LogP contribution in [0.25, 0.3) is 23.0 Å². The Morgan fingerprint density at radius 2 is 1.87 bits per heavy atom. The van der Waals surface area contributed by atoms with Crippen LogP contribution in [0.1, 0.15) is 26.3 Å². The molecule has 0 bridgehead atoms. The smallest absolute Gasteiger partial charge is 0.311 e. The highest BCUT2D eigenvalue weighted by Crippen LogP contribution is 2.35. The van der Waals surface area contributed by atoms with Gasteiger partial charge < -0.3 is 4.74 Å². The van der Waals surface area contributed by atoms with Gasteiger partial charge in [-0.2, -0.15) is 10.4 Å². The van der Waals surface area contributed by atoms with E-state index in [4.69, 9.17) is 4.74 Å². The number of carbonyl (C=O) groups is 2. The summed E-state index contributed by atoms with van der Waals surface area (Å²) < 4.78 is 6.74. The summed E-state index contributed by atoms with van der Waals surface area (Å²) in [7, 11) is 1.35. The maximum atomic E-state index is 13.5. The number of amides is 2. The number of benzene rings is 2. The number of methoxy groups -OCH3 is 1. The van der Waals surface area contributed by atoms with E-state index in [1.807, 2.05) is 50.2 Å². The molecule has 2 heterocycles. The molecule has 192 valence electrons. The molecular formula is C28H25N5O5. The van der Waals surface area contributed by atoms with E-state index >= 15 is 0 Å². The molecule has 0 spiro atoms. The predicted molar refractivity (Wildman–Crippen MR) is 140 cm³/mol. The summed E-state index contributed by atoms with van der Waals surface area (Å²) in [5.74, 6) is -1.03. The second-order valence-corrected chi connectivity index (χ2v) is 9.14. The Balaban J connectivity index is 1.95. The summed E-state index contributed by atoms with van der Waals surface area (Å²) in [6.45, 7) is 5.47. The van der Waals surface area contributed by atoms with E-state index in [1.165, 1.54) is 19.2 Å².